The van der Waals surface area contributed by atoms with Crippen LogP contribution in [0.2, 0.25) is 0 Å². The third-order valence-corrected chi connectivity index (χ3v) is 4.59. The average molecular weight is 241 g/mol. The Bertz CT molecular complexity index is 603. The standard InChI is InChI=1S/C15H19N3/c1-9(16)11-2-3-13-12(8-11)14-10-4-6-18(7-5-10)15(14)17-13/h2-3,8-10,17H,4-7,16H2,1H3. The second kappa shape index (κ2) is 3.51. The van der Waals surface area contributed by atoms with Gasteiger partial charge in [-0.25, -0.2) is 0 Å². The number of hydrogen-bond acceptors (Lipinski definition) is 2. The van der Waals surface area contributed by atoms with Crippen LogP contribution in [-0.4, -0.2) is 18.1 Å². The number of H-pyrrole nitrogens is 1. The van der Waals surface area contributed by atoms with E-state index in [0.29, 0.717) is 0 Å². The van der Waals surface area contributed by atoms with E-state index in [1.807, 2.05) is 0 Å². The van der Waals surface area contributed by atoms with Crippen molar-refractivity contribution in [3.8, 4) is 0 Å². The summed E-state index contributed by atoms with van der Waals surface area (Å²) < 4.78 is 0. The SMILES string of the molecule is CC(N)c1ccc2[nH]c3c(c2c1)C1CCN3CC1. The topological polar surface area (TPSA) is 45.1 Å². The van der Waals surface area contributed by atoms with Gasteiger partial charge in [-0.1, -0.05) is 6.07 Å². The molecule has 0 saturated carbocycles. The zero-order valence-corrected chi connectivity index (χ0v) is 10.7. The number of nitrogens with two attached hydrogens (primary N) is 1. The number of fused-ring (bicyclic) bond motifs is 3. The van der Waals surface area contributed by atoms with Gasteiger partial charge < -0.3 is 15.6 Å². The molecule has 2 bridgehead atoms. The highest BCUT2D eigenvalue weighted by molar-refractivity contribution is 5.91. The third kappa shape index (κ3) is 1.28. The minimum Gasteiger partial charge on any atom is -0.358 e. The first-order valence-electron chi connectivity index (χ1n) is 6.90. The average Bonchev–Trinajstić information content (AvgIpc) is 2.80. The van der Waals surface area contributed by atoms with Gasteiger partial charge >= 0.3 is 0 Å². The van der Waals surface area contributed by atoms with Crippen LogP contribution in [0, 0.1) is 0 Å². The predicted octanol–water partition coefficient (Wildman–Crippen LogP) is 2.89. The fraction of sp³-hybridized carbons (Fsp3) is 0.467. The number of nitrogens with zero attached hydrogens (tertiary/aromatic N) is 1. The van der Waals surface area contributed by atoms with E-state index < -0.39 is 0 Å². The largest absolute Gasteiger partial charge is 0.358 e. The summed E-state index contributed by atoms with van der Waals surface area (Å²) in [4.78, 5) is 6.10. The summed E-state index contributed by atoms with van der Waals surface area (Å²) in [5, 5.41) is 1.40. The molecular weight excluding hydrogens is 222 g/mol. The number of anilines is 1. The lowest BCUT2D eigenvalue weighted by Gasteiger charge is -2.40. The fourth-order valence-electron chi connectivity index (χ4n) is 3.55. The molecule has 0 spiro atoms. The van der Waals surface area contributed by atoms with Gasteiger partial charge in [0.1, 0.15) is 5.82 Å². The minimum atomic E-state index is 0.112. The first-order chi connectivity index (χ1) is 8.74. The Kier molecular flexibility index (Phi) is 2.04. The Morgan fingerprint density at radius 2 is 2.11 bits per heavy atom. The van der Waals surface area contributed by atoms with Crippen LogP contribution < -0.4 is 10.6 Å². The molecule has 4 heterocycles. The van der Waals surface area contributed by atoms with E-state index in [-0.39, 0.29) is 6.04 Å². The maximum atomic E-state index is 6.00. The van der Waals surface area contributed by atoms with Crippen molar-refractivity contribution in [2.24, 2.45) is 5.73 Å². The Morgan fingerprint density at radius 1 is 1.33 bits per heavy atom. The van der Waals surface area contributed by atoms with Gasteiger partial charge in [0.05, 0.1) is 0 Å². The zero-order chi connectivity index (χ0) is 12.3. The van der Waals surface area contributed by atoms with Crippen molar-refractivity contribution >= 4 is 16.7 Å². The number of benzene rings is 1. The number of rotatable bonds is 1. The molecule has 1 atom stereocenters. The van der Waals surface area contributed by atoms with Crippen LogP contribution in [0.4, 0.5) is 5.82 Å². The van der Waals surface area contributed by atoms with Crippen molar-refractivity contribution in [2.45, 2.75) is 31.7 Å². The second-order valence-corrected chi connectivity index (χ2v) is 5.74. The molecule has 94 valence electrons. The Balaban J connectivity index is 1.98. The Morgan fingerprint density at radius 3 is 2.83 bits per heavy atom. The number of piperidine rings is 1. The number of aromatic nitrogens is 1. The summed E-state index contributed by atoms with van der Waals surface area (Å²) in [7, 11) is 0. The molecular formula is C15H19N3. The van der Waals surface area contributed by atoms with E-state index in [1.54, 1.807) is 5.56 Å². The van der Waals surface area contributed by atoms with Crippen LogP contribution in [-0.2, 0) is 0 Å². The molecule has 2 aromatic rings. The summed E-state index contributed by atoms with van der Waals surface area (Å²) in [6, 6.07) is 6.73. The van der Waals surface area contributed by atoms with Gasteiger partial charge in [-0.2, -0.15) is 0 Å². The van der Waals surface area contributed by atoms with E-state index in [4.69, 9.17) is 5.73 Å². The monoisotopic (exact) mass is 241 g/mol. The molecule has 1 aromatic carbocycles. The van der Waals surface area contributed by atoms with Crippen LogP contribution in [0.5, 0.6) is 0 Å². The number of aromatic amines is 1. The highest BCUT2D eigenvalue weighted by Crippen LogP contribution is 2.45. The molecule has 1 unspecified atom stereocenters. The minimum absolute atomic E-state index is 0.112. The van der Waals surface area contributed by atoms with Gasteiger partial charge in [-0.3, -0.25) is 0 Å². The van der Waals surface area contributed by atoms with Gasteiger partial charge in [0.15, 0.2) is 0 Å². The van der Waals surface area contributed by atoms with Crippen molar-refractivity contribution in [3.05, 3.63) is 29.3 Å². The maximum Gasteiger partial charge on any atom is 0.110 e. The predicted molar refractivity (Wildman–Crippen MR) is 75.1 cm³/mol. The van der Waals surface area contributed by atoms with Gasteiger partial charge in [0.25, 0.3) is 0 Å². The molecule has 1 aromatic heterocycles. The van der Waals surface area contributed by atoms with E-state index in [9.17, 15) is 0 Å². The Labute approximate surface area is 107 Å². The summed E-state index contributed by atoms with van der Waals surface area (Å²) >= 11 is 0. The van der Waals surface area contributed by atoms with E-state index in [2.05, 4.69) is 35.0 Å². The smallest absolute Gasteiger partial charge is 0.110 e. The third-order valence-electron chi connectivity index (χ3n) is 4.59. The summed E-state index contributed by atoms with van der Waals surface area (Å²) in [5.41, 5.74) is 10.1. The summed E-state index contributed by atoms with van der Waals surface area (Å²) in [6.45, 7) is 4.48. The number of hydrogen-bond donors (Lipinski definition) is 2. The zero-order valence-electron chi connectivity index (χ0n) is 10.7. The molecule has 0 aliphatic carbocycles. The van der Waals surface area contributed by atoms with Crippen molar-refractivity contribution in [1.29, 1.82) is 0 Å². The van der Waals surface area contributed by atoms with Crippen molar-refractivity contribution in [3.63, 3.8) is 0 Å². The first kappa shape index (κ1) is 10.4. The molecule has 0 radical (unpaired) electrons. The van der Waals surface area contributed by atoms with Gasteiger partial charge in [-0.15, -0.1) is 0 Å². The first-order valence-corrected chi connectivity index (χ1v) is 6.90. The van der Waals surface area contributed by atoms with Gasteiger partial charge in [0, 0.05) is 35.6 Å². The van der Waals surface area contributed by atoms with Crippen LogP contribution in [0.25, 0.3) is 10.9 Å². The molecule has 18 heavy (non-hydrogen) atoms. The highest BCUT2D eigenvalue weighted by Gasteiger charge is 2.33. The van der Waals surface area contributed by atoms with Crippen LogP contribution in [0.15, 0.2) is 18.2 Å². The second-order valence-electron chi connectivity index (χ2n) is 5.74. The molecule has 1 saturated heterocycles. The van der Waals surface area contributed by atoms with E-state index in [0.717, 1.165) is 5.92 Å². The quantitative estimate of drug-likeness (QED) is 0.806. The Hall–Kier alpha value is -1.48. The lowest BCUT2D eigenvalue weighted by Crippen LogP contribution is -2.38. The number of nitrogens with one attached hydrogen (secondary N) is 1. The molecule has 0 amide bonds. The lowest BCUT2D eigenvalue weighted by atomic mass is 9.84. The van der Waals surface area contributed by atoms with Crippen LogP contribution >= 0.6 is 0 Å². The summed E-state index contributed by atoms with van der Waals surface area (Å²) in [6.07, 6.45) is 2.62. The van der Waals surface area contributed by atoms with Crippen molar-refractivity contribution in [2.75, 3.05) is 18.0 Å². The van der Waals surface area contributed by atoms with Gasteiger partial charge in [-0.05, 0) is 43.4 Å². The van der Waals surface area contributed by atoms with Gasteiger partial charge in [0.2, 0.25) is 0 Å². The fourth-order valence-corrected chi connectivity index (χ4v) is 3.55. The van der Waals surface area contributed by atoms with Crippen LogP contribution in [0.1, 0.15) is 42.9 Å². The molecule has 3 N–H and O–H groups in total. The summed E-state index contributed by atoms with van der Waals surface area (Å²) in [5.74, 6) is 2.12. The maximum absolute atomic E-state index is 6.00. The molecule has 5 rings (SSSR count). The van der Waals surface area contributed by atoms with E-state index >= 15 is 0 Å². The van der Waals surface area contributed by atoms with Crippen LogP contribution in [0.3, 0.4) is 0 Å². The molecule has 1 fully saturated rings. The molecule has 3 aliphatic heterocycles. The lowest BCUT2D eigenvalue weighted by molar-refractivity contribution is 0.475. The molecule has 3 aliphatic rings. The molecule has 3 heteroatoms. The van der Waals surface area contributed by atoms with Crippen molar-refractivity contribution < 1.29 is 0 Å². The normalized spacial score (nSPS) is 20.4. The van der Waals surface area contributed by atoms with Crippen molar-refractivity contribution in [1.82, 2.24) is 4.98 Å². The molecule has 3 nitrogen and oxygen atoms in total. The highest BCUT2D eigenvalue weighted by atomic mass is 15.2. The van der Waals surface area contributed by atoms with E-state index in [1.165, 1.54) is 48.2 Å².